The number of hydrogen-bond donors (Lipinski definition) is 1. The minimum absolute atomic E-state index is 0.0995. The molecule has 0 radical (unpaired) electrons. The first-order valence-electron chi connectivity index (χ1n) is 11.3. The molecule has 1 saturated carbocycles. The third kappa shape index (κ3) is 3.92. The van der Waals surface area contributed by atoms with Crippen molar-refractivity contribution >= 4 is 23.0 Å². The average molecular weight is 451 g/mol. The summed E-state index contributed by atoms with van der Waals surface area (Å²) in [5, 5.41) is 1.07. The Kier molecular flexibility index (Phi) is 5.70. The zero-order valence-corrected chi connectivity index (χ0v) is 18.6. The predicted molar refractivity (Wildman–Crippen MR) is 124 cm³/mol. The number of rotatable bonds is 8. The standard InChI is InChI=1S/C26H27FN2O4/c1-31-23-9-3-8-19-16(14-32-25(19)23)5-4-12-29(17-6-2-7-17)18-13-21-20(26(28)30)10-11-22(27)24(21)33-15-18/h3,8-11,13-14,17H,2,4-7,12,15H2,1H3,(H2,28,30). The lowest BCUT2D eigenvalue weighted by atomic mass is 9.90. The fraction of sp³-hybridized carbons (Fsp3) is 0.346. The first-order valence-corrected chi connectivity index (χ1v) is 11.3. The minimum atomic E-state index is -0.593. The predicted octanol–water partition coefficient (Wildman–Crippen LogP) is 4.90. The van der Waals surface area contributed by atoms with E-state index in [9.17, 15) is 9.18 Å². The summed E-state index contributed by atoms with van der Waals surface area (Å²) in [6, 6.07) is 8.99. The highest BCUT2D eigenvalue weighted by atomic mass is 19.1. The van der Waals surface area contributed by atoms with E-state index in [2.05, 4.69) is 11.0 Å². The van der Waals surface area contributed by atoms with Crippen molar-refractivity contribution in [1.82, 2.24) is 4.90 Å². The third-order valence-corrected chi connectivity index (χ3v) is 6.68. The Morgan fingerprint density at radius 3 is 2.85 bits per heavy atom. The number of ether oxygens (including phenoxy) is 2. The molecule has 2 aromatic carbocycles. The number of para-hydroxylation sites is 1. The van der Waals surface area contributed by atoms with Gasteiger partial charge < -0.3 is 24.5 Å². The van der Waals surface area contributed by atoms with E-state index in [1.807, 2.05) is 24.5 Å². The first-order chi connectivity index (χ1) is 16.1. The van der Waals surface area contributed by atoms with Crippen LogP contribution in [-0.4, -0.2) is 37.1 Å². The summed E-state index contributed by atoms with van der Waals surface area (Å²) in [5.74, 6) is -0.245. The van der Waals surface area contributed by atoms with Gasteiger partial charge in [0.05, 0.1) is 24.6 Å². The number of primary amides is 1. The molecule has 1 amide bonds. The van der Waals surface area contributed by atoms with Crippen LogP contribution in [0.1, 0.15) is 47.2 Å². The minimum Gasteiger partial charge on any atom is -0.493 e. The van der Waals surface area contributed by atoms with Crippen LogP contribution in [0.5, 0.6) is 11.5 Å². The van der Waals surface area contributed by atoms with Gasteiger partial charge in [0.15, 0.2) is 22.9 Å². The monoisotopic (exact) mass is 450 g/mol. The number of halogens is 1. The van der Waals surface area contributed by atoms with E-state index in [-0.39, 0.29) is 17.9 Å². The zero-order chi connectivity index (χ0) is 22.9. The van der Waals surface area contributed by atoms with Gasteiger partial charge >= 0.3 is 0 Å². The number of carbonyl (C=O) groups is 1. The van der Waals surface area contributed by atoms with Gasteiger partial charge in [-0.3, -0.25) is 4.79 Å². The SMILES string of the molecule is COc1cccc2c(CCCN(C3=Cc4c(C(N)=O)ccc(F)c4OC3)C3CCC3)coc12. The van der Waals surface area contributed by atoms with Crippen LogP contribution >= 0.6 is 0 Å². The molecule has 0 unspecified atom stereocenters. The lowest BCUT2D eigenvalue weighted by Gasteiger charge is -2.41. The van der Waals surface area contributed by atoms with E-state index in [1.165, 1.54) is 18.6 Å². The molecule has 33 heavy (non-hydrogen) atoms. The number of fused-ring (bicyclic) bond motifs is 2. The van der Waals surface area contributed by atoms with Crippen molar-refractivity contribution in [3.8, 4) is 11.5 Å². The van der Waals surface area contributed by atoms with E-state index >= 15 is 0 Å². The van der Waals surface area contributed by atoms with Gasteiger partial charge in [0.1, 0.15) is 6.61 Å². The fourth-order valence-electron chi connectivity index (χ4n) is 4.74. The maximum absolute atomic E-state index is 14.3. The van der Waals surface area contributed by atoms with E-state index in [1.54, 1.807) is 7.11 Å². The van der Waals surface area contributed by atoms with Gasteiger partial charge in [-0.05, 0) is 61.9 Å². The summed E-state index contributed by atoms with van der Waals surface area (Å²) >= 11 is 0. The van der Waals surface area contributed by atoms with Crippen LogP contribution in [0.15, 0.2) is 46.7 Å². The van der Waals surface area contributed by atoms with Crippen LogP contribution in [0.25, 0.3) is 17.0 Å². The highest BCUT2D eigenvalue weighted by molar-refractivity contribution is 5.98. The van der Waals surface area contributed by atoms with E-state index < -0.39 is 11.7 Å². The highest BCUT2D eigenvalue weighted by Crippen LogP contribution is 2.36. The number of benzene rings is 2. The molecule has 0 atom stereocenters. The first kappa shape index (κ1) is 21.4. The summed E-state index contributed by atoms with van der Waals surface area (Å²) in [4.78, 5) is 14.3. The largest absolute Gasteiger partial charge is 0.493 e. The number of furan rings is 1. The second kappa shape index (κ2) is 8.81. The molecule has 1 aliphatic heterocycles. The molecule has 172 valence electrons. The summed E-state index contributed by atoms with van der Waals surface area (Å²) in [6.07, 6.45) is 8.87. The average Bonchev–Trinajstić information content (AvgIpc) is 3.20. The number of methoxy groups -OCH3 is 1. The van der Waals surface area contributed by atoms with Crippen LogP contribution in [0.4, 0.5) is 4.39 Å². The summed E-state index contributed by atoms with van der Waals surface area (Å²) in [6.45, 7) is 1.10. The molecule has 7 heteroatoms. The molecule has 1 aliphatic carbocycles. The molecule has 1 aromatic heterocycles. The Morgan fingerprint density at radius 1 is 1.27 bits per heavy atom. The second-order valence-electron chi connectivity index (χ2n) is 8.61. The number of carbonyl (C=O) groups excluding carboxylic acids is 1. The van der Waals surface area contributed by atoms with Gasteiger partial charge in [-0.2, -0.15) is 0 Å². The van der Waals surface area contributed by atoms with Crippen molar-refractivity contribution in [2.75, 3.05) is 20.3 Å². The summed E-state index contributed by atoms with van der Waals surface area (Å²) < 4.78 is 31.2. The van der Waals surface area contributed by atoms with Crippen LogP contribution in [-0.2, 0) is 6.42 Å². The van der Waals surface area contributed by atoms with Crippen LogP contribution in [0.3, 0.4) is 0 Å². The molecule has 1 fully saturated rings. The van der Waals surface area contributed by atoms with E-state index in [0.29, 0.717) is 11.6 Å². The molecule has 0 spiro atoms. The van der Waals surface area contributed by atoms with E-state index in [4.69, 9.17) is 19.6 Å². The number of hydrogen-bond acceptors (Lipinski definition) is 5. The normalized spacial score (nSPS) is 15.4. The van der Waals surface area contributed by atoms with Gasteiger partial charge in [0.2, 0.25) is 5.91 Å². The van der Waals surface area contributed by atoms with Crippen LogP contribution in [0.2, 0.25) is 0 Å². The molecule has 6 nitrogen and oxygen atoms in total. The van der Waals surface area contributed by atoms with Crippen molar-refractivity contribution in [1.29, 1.82) is 0 Å². The van der Waals surface area contributed by atoms with Crippen LogP contribution < -0.4 is 15.2 Å². The highest BCUT2D eigenvalue weighted by Gasteiger charge is 2.30. The van der Waals surface area contributed by atoms with Gasteiger partial charge in [-0.15, -0.1) is 0 Å². The van der Waals surface area contributed by atoms with E-state index in [0.717, 1.165) is 60.2 Å². The zero-order valence-electron chi connectivity index (χ0n) is 18.6. The Balaban J connectivity index is 1.37. The molecule has 0 bridgehead atoms. The molecular formula is C26H27FN2O4. The molecule has 2 N–H and O–H groups in total. The second-order valence-corrected chi connectivity index (χ2v) is 8.61. The molecule has 2 heterocycles. The molecular weight excluding hydrogens is 423 g/mol. The number of aryl methyl sites for hydroxylation is 1. The van der Waals surface area contributed by atoms with Crippen molar-refractivity contribution < 1.29 is 23.1 Å². The molecule has 5 rings (SSSR count). The number of nitrogens with zero attached hydrogens (tertiary/aromatic N) is 1. The van der Waals surface area contributed by atoms with Gasteiger partial charge in [0, 0.05) is 23.5 Å². The topological polar surface area (TPSA) is 77.9 Å². The maximum atomic E-state index is 14.3. The fourth-order valence-corrected chi connectivity index (χ4v) is 4.74. The molecule has 2 aliphatic rings. The molecule has 3 aromatic rings. The van der Waals surface area contributed by atoms with Gasteiger partial charge in [-0.25, -0.2) is 4.39 Å². The van der Waals surface area contributed by atoms with Crippen molar-refractivity contribution in [3.05, 3.63) is 64.8 Å². The Hall–Kier alpha value is -3.48. The Bertz CT molecular complexity index is 1230. The summed E-state index contributed by atoms with van der Waals surface area (Å²) in [5.41, 5.74) is 9.11. The quantitative estimate of drug-likeness (QED) is 0.528. The van der Waals surface area contributed by atoms with Gasteiger partial charge in [-0.1, -0.05) is 12.1 Å². The third-order valence-electron chi connectivity index (χ3n) is 6.68. The smallest absolute Gasteiger partial charge is 0.249 e. The Labute approximate surface area is 191 Å². The Morgan fingerprint density at radius 2 is 2.12 bits per heavy atom. The number of nitrogens with two attached hydrogens (primary N) is 1. The molecule has 0 saturated heterocycles. The summed E-state index contributed by atoms with van der Waals surface area (Å²) in [7, 11) is 1.64. The lowest BCUT2D eigenvalue weighted by molar-refractivity contribution is 0.0999. The van der Waals surface area contributed by atoms with Crippen LogP contribution in [0, 0.1) is 5.82 Å². The van der Waals surface area contributed by atoms with Crippen molar-refractivity contribution in [2.24, 2.45) is 5.73 Å². The van der Waals surface area contributed by atoms with Crippen molar-refractivity contribution in [3.63, 3.8) is 0 Å². The van der Waals surface area contributed by atoms with Crippen molar-refractivity contribution in [2.45, 2.75) is 38.1 Å². The van der Waals surface area contributed by atoms with Gasteiger partial charge in [0.25, 0.3) is 0 Å². The lowest BCUT2D eigenvalue weighted by Crippen LogP contribution is -2.42. The number of amides is 1. The maximum Gasteiger partial charge on any atom is 0.249 e.